The van der Waals surface area contributed by atoms with Crippen molar-refractivity contribution in [3.63, 3.8) is 0 Å². The molecule has 120 valence electrons. The Balaban J connectivity index is 3.12. The largest absolute Gasteiger partial charge is 0.466 e. The maximum Gasteiger partial charge on any atom is 0.416 e. The zero-order valence-corrected chi connectivity index (χ0v) is 13.0. The first-order valence-electron chi connectivity index (χ1n) is 5.70. The molecule has 0 amide bonds. The van der Waals surface area contributed by atoms with Crippen molar-refractivity contribution in [1.29, 1.82) is 0 Å². The molecule has 0 aliphatic heterocycles. The molecule has 22 heavy (non-hydrogen) atoms. The van der Waals surface area contributed by atoms with Gasteiger partial charge in [0, 0.05) is 4.47 Å². The second-order valence-electron chi connectivity index (χ2n) is 3.89. The number of benzene rings is 1. The fraction of sp³-hybridized carbons (Fsp3) is 0.231. The highest BCUT2D eigenvalue weighted by Gasteiger charge is 2.31. The number of hydrogen-bond acceptors (Lipinski definition) is 5. The zero-order valence-electron chi connectivity index (χ0n) is 11.5. The van der Waals surface area contributed by atoms with Crippen molar-refractivity contribution in [3.8, 4) is 0 Å². The average molecular weight is 382 g/mol. The topological polar surface area (TPSA) is 64.6 Å². The number of anilines is 1. The number of rotatable bonds is 4. The van der Waals surface area contributed by atoms with Crippen molar-refractivity contribution in [2.45, 2.75) is 6.18 Å². The molecule has 0 aromatic heterocycles. The lowest BCUT2D eigenvalue weighted by Crippen LogP contribution is -2.16. The predicted octanol–water partition coefficient (Wildman–Crippen LogP) is 3.11. The van der Waals surface area contributed by atoms with E-state index in [1.54, 1.807) is 0 Å². The van der Waals surface area contributed by atoms with E-state index in [2.05, 4.69) is 30.7 Å². The highest BCUT2D eigenvalue weighted by atomic mass is 79.9. The molecule has 0 saturated carbocycles. The van der Waals surface area contributed by atoms with E-state index in [-0.39, 0.29) is 15.9 Å². The van der Waals surface area contributed by atoms with E-state index in [4.69, 9.17) is 0 Å². The molecule has 0 aliphatic carbocycles. The van der Waals surface area contributed by atoms with Gasteiger partial charge in [-0.25, -0.2) is 9.59 Å². The minimum absolute atomic E-state index is 0.0574. The first-order valence-corrected chi connectivity index (χ1v) is 6.50. The van der Waals surface area contributed by atoms with E-state index in [9.17, 15) is 22.8 Å². The zero-order chi connectivity index (χ0) is 16.9. The van der Waals surface area contributed by atoms with Crippen LogP contribution in [0.1, 0.15) is 5.56 Å². The summed E-state index contributed by atoms with van der Waals surface area (Å²) < 4.78 is 46.6. The van der Waals surface area contributed by atoms with Gasteiger partial charge in [0.05, 0.1) is 31.5 Å². The Bertz CT molecular complexity index is 614. The first kappa shape index (κ1) is 18.0. The van der Waals surface area contributed by atoms with Crippen LogP contribution in [-0.4, -0.2) is 26.2 Å². The number of halogens is 4. The van der Waals surface area contributed by atoms with Gasteiger partial charge in [-0.2, -0.15) is 13.2 Å². The molecule has 0 bridgehead atoms. The lowest BCUT2D eigenvalue weighted by molar-refractivity contribution is -0.138. The summed E-state index contributed by atoms with van der Waals surface area (Å²) in [5.41, 5.74) is -0.996. The molecule has 0 spiro atoms. The monoisotopic (exact) mass is 381 g/mol. The molecule has 0 fully saturated rings. The summed E-state index contributed by atoms with van der Waals surface area (Å²) in [5.74, 6) is -1.70. The van der Waals surface area contributed by atoms with E-state index >= 15 is 0 Å². The van der Waals surface area contributed by atoms with Crippen LogP contribution in [0.2, 0.25) is 0 Å². The minimum Gasteiger partial charge on any atom is -0.466 e. The number of methoxy groups -OCH3 is 2. The van der Waals surface area contributed by atoms with Gasteiger partial charge in [-0.1, -0.05) is 0 Å². The standard InChI is InChI=1S/C13H11BrF3NO4/c1-21-11(19)6-10(12(20)22-2)18-9-4-3-7(5-8(9)14)13(15,16)17/h3-6,18H,1-2H3/b10-6+. The molecule has 1 rings (SSSR count). The molecule has 0 unspecified atom stereocenters. The van der Waals surface area contributed by atoms with Crippen molar-refractivity contribution in [3.05, 3.63) is 40.0 Å². The SMILES string of the molecule is COC(=O)/C=C(/Nc1ccc(C(F)(F)F)cc1Br)C(=O)OC. The fourth-order valence-electron chi connectivity index (χ4n) is 1.37. The summed E-state index contributed by atoms with van der Waals surface area (Å²) in [6.07, 6.45) is -3.66. The van der Waals surface area contributed by atoms with Crippen LogP contribution in [0.3, 0.4) is 0 Å². The van der Waals surface area contributed by atoms with Gasteiger partial charge in [-0.05, 0) is 34.1 Å². The van der Waals surface area contributed by atoms with E-state index in [1.165, 1.54) is 0 Å². The number of carbonyl (C=O) groups is 2. The summed E-state index contributed by atoms with van der Waals surface area (Å²) in [4.78, 5) is 22.7. The van der Waals surface area contributed by atoms with E-state index < -0.39 is 23.7 Å². The molecule has 0 heterocycles. The number of ether oxygens (including phenoxy) is 2. The van der Waals surface area contributed by atoms with Crippen LogP contribution < -0.4 is 5.32 Å². The molecule has 9 heteroatoms. The van der Waals surface area contributed by atoms with Crippen LogP contribution in [0.4, 0.5) is 18.9 Å². The van der Waals surface area contributed by atoms with Gasteiger partial charge in [0.25, 0.3) is 0 Å². The van der Waals surface area contributed by atoms with Crippen LogP contribution >= 0.6 is 15.9 Å². The maximum absolute atomic E-state index is 12.6. The average Bonchev–Trinajstić information content (AvgIpc) is 2.46. The number of alkyl halides is 3. The fourth-order valence-corrected chi connectivity index (χ4v) is 1.85. The van der Waals surface area contributed by atoms with Gasteiger partial charge >= 0.3 is 18.1 Å². The van der Waals surface area contributed by atoms with Crippen LogP contribution in [0.25, 0.3) is 0 Å². The summed E-state index contributed by atoms with van der Waals surface area (Å²) in [6, 6.07) is 2.79. The smallest absolute Gasteiger partial charge is 0.416 e. The maximum atomic E-state index is 12.6. The Kier molecular flexibility index (Phi) is 5.98. The van der Waals surface area contributed by atoms with Crippen LogP contribution in [0.15, 0.2) is 34.4 Å². The summed E-state index contributed by atoms with van der Waals surface area (Å²) in [7, 11) is 2.21. The second-order valence-corrected chi connectivity index (χ2v) is 4.74. The quantitative estimate of drug-likeness (QED) is 0.641. The molecule has 0 saturated heterocycles. The third kappa shape index (κ3) is 4.76. The summed E-state index contributed by atoms with van der Waals surface area (Å²) >= 11 is 2.96. The molecule has 1 aromatic rings. The second kappa shape index (κ2) is 7.30. The first-order chi connectivity index (χ1) is 10.2. The van der Waals surface area contributed by atoms with Gasteiger partial charge in [0.2, 0.25) is 0 Å². The Labute approximate surface area is 132 Å². The molecule has 0 atom stereocenters. The highest BCUT2D eigenvalue weighted by Crippen LogP contribution is 2.34. The highest BCUT2D eigenvalue weighted by molar-refractivity contribution is 9.10. The molecular formula is C13H11BrF3NO4. The van der Waals surface area contributed by atoms with E-state index in [0.29, 0.717) is 0 Å². The lowest BCUT2D eigenvalue weighted by atomic mass is 10.2. The van der Waals surface area contributed by atoms with Crippen LogP contribution in [0, 0.1) is 0 Å². The lowest BCUT2D eigenvalue weighted by Gasteiger charge is -2.13. The molecule has 0 aliphatic rings. The van der Waals surface area contributed by atoms with Gasteiger partial charge in [0.1, 0.15) is 5.70 Å². The molecule has 5 nitrogen and oxygen atoms in total. The third-order valence-corrected chi connectivity index (χ3v) is 3.09. The number of nitrogens with one attached hydrogen (secondary N) is 1. The van der Waals surface area contributed by atoms with Crippen molar-refractivity contribution >= 4 is 33.6 Å². The summed E-state index contributed by atoms with van der Waals surface area (Å²) in [5, 5.41) is 2.51. The molecule has 0 radical (unpaired) electrons. The van der Waals surface area contributed by atoms with Crippen molar-refractivity contribution < 1.29 is 32.2 Å². The van der Waals surface area contributed by atoms with Crippen LogP contribution in [0.5, 0.6) is 0 Å². The van der Waals surface area contributed by atoms with E-state index in [1.807, 2.05) is 0 Å². The minimum atomic E-state index is -4.49. The van der Waals surface area contributed by atoms with Crippen molar-refractivity contribution in [2.24, 2.45) is 0 Å². The Morgan fingerprint density at radius 2 is 1.86 bits per heavy atom. The van der Waals surface area contributed by atoms with E-state index in [0.717, 1.165) is 38.5 Å². The third-order valence-electron chi connectivity index (χ3n) is 2.43. The number of hydrogen-bond donors (Lipinski definition) is 1. The number of esters is 2. The molecule has 1 aromatic carbocycles. The summed E-state index contributed by atoms with van der Waals surface area (Å²) in [6.45, 7) is 0. The molecule has 1 N–H and O–H groups in total. The van der Waals surface area contributed by atoms with Crippen molar-refractivity contribution in [1.82, 2.24) is 0 Å². The van der Waals surface area contributed by atoms with Gasteiger partial charge in [0.15, 0.2) is 0 Å². The van der Waals surface area contributed by atoms with Gasteiger partial charge in [-0.15, -0.1) is 0 Å². The Morgan fingerprint density at radius 1 is 1.23 bits per heavy atom. The van der Waals surface area contributed by atoms with Crippen molar-refractivity contribution in [2.75, 3.05) is 19.5 Å². The van der Waals surface area contributed by atoms with Gasteiger partial charge < -0.3 is 14.8 Å². The Hall–Kier alpha value is -2.03. The normalized spacial score (nSPS) is 11.8. The molecular weight excluding hydrogens is 371 g/mol. The Morgan fingerprint density at radius 3 is 2.32 bits per heavy atom. The van der Waals surface area contributed by atoms with Crippen LogP contribution in [-0.2, 0) is 25.2 Å². The predicted molar refractivity (Wildman–Crippen MR) is 74.9 cm³/mol. The van der Waals surface area contributed by atoms with Gasteiger partial charge in [-0.3, -0.25) is 0 Å². The number of carbonyl (C=O) groups excluding carboxylic acids is 2.